The summed E-state index contributed by atoms with van der Waals surface area (Å²) in [4.78, 5) is 18.6. The Bertz CT molecular complexity index is 959. The van der Waals surface area contributed by atoms with Crippen molar-refractivity contribution in [2.45, 2.75) is 20.3 Å². The van der Waals surface area contributed by atoms with E-state index in [1.54, 1.807) is 12.1 Å². The van der Waals surface area contributed by atoms with Crippen molar-refractivity contribution in [2.75, 3.05) is 6.61 Å². The van der Waals surface area contributed by atoms with Gasteiger partial charge in [0.15, 0.2) is 11.5 Å². The van der Waals surface area contributed by atoms with Gasteiger partial charge < -0.3 is 9.84 Å². The molecule has 0 atom stereocenters. The topological polar surface area (TPSA) is 76.7 Å². The SMILES string of the molecule is CCOc1cc(/C=N/n2cnc3sc(CC)cc3c2=O)ccc1O. The predicted octanol–water partition coefficient (Wildman–Crippen LogP) is 3.01. The summed E-state index contributed by atoms with van der Waals surface area (Å²) in [7, 11) is 0. The number of aromatic hydroxyl groups is 1. The van der Waals surface area contributed by atoms with Gasteiger partial charge in [0, 0.05) is 4.88 Å². The third-order valence-corrected chi connectivity index (χ3v) is 4.64. The molecule has 6 nitrogen and oxygen atoms in total. The van der Waals surface area contributed by atoms with Crippen LogP contribution in [0.5, 0.6) is 11.5 Å². The highest BCUT2D eigenvalue weighted by Gasteiger charge is 2.08. The first-order chi connectivity index (χ1) is 11.6. The lowest BCUT2D eigenvalue weighted by atomic mass is 10.2. The highest BCUT2D eigenvalue weighted by atomic mass is 32.1. The summed E-state index contributed by atoms with van der Waals surface area (Å²) < 4.78 is 6.54. The molecule has 0 amide bonds. The molecule has 0 saturated heterocycles. The van der Waals surface area contributed by atoms with Crippen LogP contribution in [0.2, 0.25) is 0 Å². The van der Waals surface area contributed by atoms with Crippen molar-refractivity contribution in [3.63, 3.8) is 0 Å². The number of nitrogens with zero attached hydrogens (tertiary/aromatic N) is 3. The molecule has 124 valence electrons. The minimum atomic E-state index is -0.198. The molecular weight excluding hydrogens is 326 g/mol. The van der Waals surface area contributed by atoms with Gasteiger partial charge in [0.2, 0.25) is 0 Å². The van der Waals surface area contributed by atoms with Gasteiger partial charge in [-0.15, -0.1) is 11.3 Å². The summed E-state index contributed by atoms with van der Waals surface area (Å²) in [6.45, 7) is 4.33. The molecule has 2 heterocycles. The highest BCUT2D eigenvalue weighted by Crippen LogP contribution is 2.26. The first kappa shape index (κ1) is 16.2. The summed E-state index contributed by atoms with van der Waals surface area (Å²) in [5.74, 6) is 0.451. The van der Waals surface area contributed by atoms with E-state index in [0.29, 0.717) is 23.3 Å². The Morgan fingerprint density at radius 3 is 2.96 bits per heavy atom. The monoisotopic (exact) mass is 343 g/mol. The molecule has 3 rings (SSSR count). The lowest BCUT2D eigenvalue weighted by molar-refractivity contribution is 0.318. The van der Waals surface area contributed by atoms with Crippen molar-refractivity contribution in [1.29, 1.82) is 0 Å². The standard InChI is InChI=1S/C17H17N3O3S/c1-3-12-8-13-16(24-12)18-10-20(17(13)22)19-9-11-5-6-14(21)15(7-11)23-4-2/h5-10,21H,3-4H2,1-2H3/b19-9+. The molecule has 0 radical (unpaired) electrons. The number of aromatic nitrogens is 2. The quantitative estimate of drug-likeness (QED) is 0.723. The van der Waals surface area contributed by atoms with Gasteiger partial charge in [0.05, 0.1) is 18.2 Å². The van der Waals surface area contributed by atoms with E-state index in [-0.39, 0.29) is 11.3 Å². The van der Waals surface area contributed by atoms with Crippen molar-refractivity contribution in [1.82, 2.24) is 9.66 Å². The first-order valence-corrected chi connectivity index (χ1v) is 8.44. The van der Waals surface area contributed by atoms with Crippen molar-refractivity contribution in [3.8, 4) is 11.5 Å². The molecule has 0 bridgehead atoms. The highest BCUT2D eigenvalue weighted by molar-refractivity contribution is 7.18. The fraction of sp³-hybridized carbons (Fsp3) is 0.235. The molecule has 0 saturated carbocycles. The Hall–Kier alpha value is -2.67. The minimum Gasteiger partial charge on any atom is -0.504 e. The Balaban J connectivity index is 1.94. The van der Waals surface area contributed by atoms with Crippen molar-refractivity contribution >= 4 is 27.8 Å². The van der Waals surface area contributed by atoms with E-state index in [1.807, 2.05) is 19.9 Å². The summed E-state index contributed by atoms with van der Waals surface area (Å²) in [5.41, 5.74) is 0.513. The Morgan fingerprint density at radius 2 is 2.21 bits per heavy atom. The van der Waals surface area contributed by atoms with Crippen LogP contribution in [0.25, 0.3) is 10.2 Å². The Kier molecular flexibility index (Phi) is 4.61. The van der Waals surface area contributed by atoms with Gasteiger partial charge in [-0.25, -0.2) is 4.98 Å². The molecule has 0 fully saturated rings. The predicted molar refractivity (Wildman–Crippen MR) is 95.5 cm³/mol. The van der Waals surface area contributed by atoms with Gasteiger partial charge in [-0.2, -0.15) is 9.78 Å². The molecule has 3 aromatic rings. The van der Waals surface area contributed by atoms with E-state index in [0.717, 1.165) is 16.1 Å². The lowest BCUT2D eigenvalue weighted by Crippen LogP contribution is -2.16. The Labute approximate surface area is 142 Å². The molecule has 0 aliphatic heterocycles. The number of ether oxygens (including phenoxy) is 1. The van der Waals surface area contributed by atoms with E-state index < -0.39 is 0 Å². The van der Waals surface area contributed by atoms with E-state index in [2.05, 4.69) is 10.1 Å². The van der Waals surface area contributed by atoms with E-state index >= 15 is 0 Å². The number of benzene rings is 1. The van der Waals surface area contributed by atoms with Crippen LogP contribution in [-0.4, -0.2) is 27.6 Å². The van der Waals surface area contributed by atoms with E-state index in [1.165, 1.54) is 34.6 Å². The molecule has 0 unspecified atom stereocenters. The number of hydrogen-bond donors (Lipinski definition) is 1. The molecule has 1 aromatic carbocycles. The zero-order chi connectivity index (χ0) is 17.1. The van der Waals surface area contributed by atoms with Crippen LogP contribution in [0.15, 0.2) is 40.5 Å². The van der Waals surface area contributed by atoms with Crippen LogP contribution in [0, 0.1) is 0 Å². The second kappa shape index (κ2) is 6.84. The Morgan fingerprint density at radius 1 is 1.38 bits per heavy atom. The second-order valence-electron chi connectivity index (χ2n) is 5.08. The van der Waals surface area contributed by atoms with Crippen LogP contribution in [0.3, 0.4) is 0 Å². The lowest BCUT2D eigenvalue weighted by Gasteiger charge is -2.06. The van der Waals surface area contributed by atoms with Gasteiger partial charge in [0.25, 0.3) is 5.56 Å². The maximum Gasteiger partial charge on any atom is 0.282 e. The van der Waals surface area contributed by atoms with Gasteiger partial charge in [-0.1, -0.05) is 6.92 Å². The van der Waals surface area contributed by atoms with E-state index in [9.17, 15) is 9.90 Å². The maximum absolute atomic E-state index is 12.5. The summed E-state index contributed by atoms with van der Waals surface area (Å²) in [5, 5.41) is 14.5. The third-order valence-electron chi connectivity index (χ3n) is 3.45. The number of thiophene rings is 1. The molecular formula is C17H17N3O3S. The van der Waals surface area contributed by atoms with Crippen molar-refractivity contribution < 1.29 is 9.84 Å². The number of phenols is 1. The van der Waals surface area contributed by atoms with Gasteiger partial charge in [0.1, 0.15) is 11.2 Å². The number of fused-ring (bicyclic) bond motifs is 1. The molecule has 24 heavy (non-hydrogen) atoms. The summed E-state index contributed by atoms with van der Waals surface area (Å²) in [6.07, 6.45) is 3.82. The molecule has 0 aliphatic carbocycles. The molecule has 0 aliphatic rings. The third kappa shape index (κ3) is 3.16. The summed E-state index contributed by atoms with van der Waals surface area (Å²) >= 11 is 1.52. The van der Waals surface area contributed by atoms with Crippen LogP contribution in [0.4, 0.5) is 0 Å². The van der Waals surface area contributed by atoms with Crippen molar-refractivity contribution in [2.24, 2.45) is 5.10 Å². The zero-order valence-corrected chi connectivity index (χ0v) is 14.2. The number of aryl methyl sites for hydroxylation is 1. The fourth-order valence-electron chi connectivity index (χ4n) is 2.23. The molecule has 0 spiro atoms. The molecule has 7 heteroatoms. The van der Waals surface area contributed by atoms with Gasteiger partial charge >= 0.3 is 0 Å². The molecule has 2 aromatic heterocycles. The largest absolute Gasteiger partial charge is 0.504 e. The van der Waals surface area contributed by atoms with Crippen LogP contribution in [-0.2, 0) is 6.42 Å². The second-order valence-corrected chi connectivity index (χ2v) is 6.20. The van der Waals surface area contributed by atoms with Crippen LogP contribution >= 0.6 is 11.3 Å². The minimum absolute atomic E-state index is 0.0691. The van der Waals surface area contributed by atoms with Gasteiger partial charge in [-0.05, 0) is 43.2 Å². The average molecular weight is 343 g/mol. The van der Waals surface area contributed by atoms with Gasteiger partial charge in [-0.3, -0.25) is 4.79 Å². The normalized spacial score (nSPS) is 11.4. The average Bonchev–Trinajstić information content (AvgIpc) is 3.01. The number of hydrogen-bond acceptors (Lipinski definition) is 6. The van der Waals surface area contributed by atoms with Crippen molar-refractivity contribution in [3.05, 3.63) is 51.4 Å². The smallest absolute Gasteiger partial charge is 0.282 e. The zero-order valence-electron chi connectivity index (χ0n) is 13.4. The van der Waals surface area contributed by atoms with Crippen LogP contribution in [0.1, 0.15) is 24.3 Å². The number of phenolic OH excluding ortho intramolecular Hbond substituents is 1. The number of rotatable bonds is 5. The first-order valence-electron chi connectivity index (χ1n) is 7.62. The van der Waals surface area contributed by atoms with E-state index in [4.69, 9.17) is 4.74 Å². The van der Waals surface area contributed by atoms with Crippen LogP contribution < -0.4 is 10.3 Å². The molecule has 1 N–H and O–H groups in total. The fourth-order valence-corrected chi connectivity index (χ4v) is 3.16. The summed E-state index contributed by atoms with van der Waals surface area (Å²) in [6, 6.07) is 6.76. The maximum atomic E-state index is 12.5.